The van der Waals surface area contributed by atoms with Gasteiger partial charge in [0, 0.05) is 11.8 Å². The monoisotopic (exact) mass is 287 g/mol. The van der Waals surface area contributed by atoms with Gasteiger partial charge in [0.25, 0.3) is 5.69 Å². The third kappa shape index (κ3) is 3.35. The molecule has 2 N–H and O–H groups in total. The van der Waals surface area contributed by atoms with E-state index in [1.807, 2.05) is 0 Å². The molecular formula is C12H9N5O4. The number of nitro groups is 2. The Hall–Kier alpha value is -3.36. The molecule has 0 unspecified atom stereocenters. The molecule has 2 aromatic carbocycles. The average molecular weight is 287 g/mol. The molecule has 106 valence electrons. The Labute approximate surface area is 118 Å². The Bertz CT molecular complexity index is 727. The van der Waals surface area contributed by atoms with Crippen LogP contribution in [0.1, 0.15) is 0 Å². The van der Waals surface area contributed by atoms with Gasteiger partial charge in [-0.05, 0) is 30.3 Å². The zero-order chi connectivity index (χ0) is 15.4. The molecule has 0 amide bonds. The molecule has 2 rings (SSSR count). The second kappa shape index (κ2) is 5.74. The summed E-state index contributed by atoms with van der Waals surface area (Å²) >= 11 is 0. The molecule has 9 nitrogen and oxygen atoms in total. The predicted octanol–water partition coefficient (Wildman–Crippen LogP) is 3.50. The zero-order valence-corrected chi connectivity index (χ0v) is 10.5. The molecule has 0 spiro atoms. The van der Waals surface area contributed by atoms with Crippen LogP contribution in [0.4, 0.5) is 28.4 Å². The van der Waals surface area contributed by atoms with Crippen molar-refractivity contribution in [1.29, 1.82) is 0 Å². The van der Waals surface area contributed by atoms with Gasteiger partial charge in [-0.1, -0.05) is 0 Å². The fourth-order valence-electron chi connectivity index (χ4n) is 1.51. The van der Waals surface area contributed by atoms with E-state index in [9.17, 15) is 20.2 Å². The maximum Gasteiger partial charge on any atom is 0.303 e. The highest BCUT2D eigenvalue weighted by Crippen LogP contribution is 2.32. The number of benzene rings is 2. The van der Waals surface area contributed by atoms with Crippen LogP contribution in [-0.4, -0.2) is 9.85 Å². The van der Waals surface area contributed by atoms with Gasteiger partial charge in [-0.2, -0.15) is 5.11 Å². The lowest BCUT2D eigenvalue weighted by molar-refractivity contribution is -0.393. The quantitative estimate of drug-likeness (QED) is 0.397. The molecule has 0 heterocycles. The van der Waals surface area contributed by atoms with Crippen molar-refractivity contribution in [3.63, 3.8) is 0 Å². The van der Waals surface area contributed by atoms with Crippen molar-refractivity contribution >= 4 is 28.4 Å². The van der Waals surface area contributed by atoms with Gasteiger partial charge >= 0.3 is 5.69 Å². The number of nitrogens with zero attached hydrogens (tertiary/aromatic N) is 4. The van der Waals surface area contributed by atoms with Crippen LogP contribution >= 0.6 is 0 Å². The molecular weight excluding hydrogens is 278 g/mol. The normalized spacial score (nSPS) is 10.7. The minimum absolute atomic E-state index is 0.0672. The number of nitrogens with two attached hydrogens (primary N) is 1. The zero-order valence-electron chi connectivity index (χ0n) is 10.5. The maximum absolute atomic E-state index is 10.9. The Balaban J connectivity index is 2.37. The molecule has 9 heteroatoms. The number of non-ortho nitro benzene ring substituents is 1. The molecule has 0 saturated carbocycles. The summed E-state index contributed by atoms with van der Waals surface area (Å²) in [6.45, 7) is 0. The van der Waals surface area contributed by atoms with E-state index in [0.717, 1.165) is 12.1 Å². The number of azo groups is 1. The molecule has 0 bridgehead atoms. The van der Waals surface area contributed by atoms with Crippen molar-refractivity contribution in [1.82, 2.24) is 0 Å². The van der Waals surface area contributed by atoms with Crippen LogP contribution in [0.2, 0.25) is 0 Å². The van der Waals surface area contributed by atoms with Crippen molar-refractivity contribution in [3.05, 3.63) is 62.7 Å². The lowest BCUT2D eigenvalue weighted by Crippen LogP contribution is -1.92. The van der Waals surface area contributed by atoms with Crippen LogP contribution in [0.25, 0.3) is 0 Å². The maximum atomic E-state index is 10.9. The number of nitrogen functional groups attached to an aromatic ring is 1. The molecule has 2 aromatic rings. The molecule has 0 radical (unpaired) electrons. The van der Waals surface area contributed by atoms with Crippen molar-refractivity contribution in [3.8, 4) is 0 Å². The third-order valence-corrected chi connectivity index (χ3v) is 2.53. The van der Waals surface area contributed by atoms with E-state index in [1.54, 1.807) is 24.3 Å². The molecule has 0 saturated heterocycles. The predicted molar refractivity (Wildman–Crippen MR) is 74.8 cm³/mol. The number of hydrogen-bond acceptors (Lipinski definition) is 7. The largest absolute Gasteiger partial charge is 0.399 e. The van der Waals surface area contributed by atoms with E-state index >= 15 is 0 Å². The van der Waals surface area contributed by atoms with E-state index < -0.39 is 15.5 Å². The fourth-order valence-corrected chi connectivity index (χ4v) is 1.51. The second-order valence-electron chi connectivity index (χ2n) is 3.98. The van der Waals surface area contributed by atoms with Crippen LogP contribution in [-0.2, 0) is 0 Å². The summed E-state index contributed by atoms with van der Waals surface area (Å²) in [6, 6.07) is 9.56. The number of nitro benzene ring substituents is 2. The standard InChI is InChI=1S/C12H9N5O4/c13-8-1-3-9(4-2-8)14-15-11-6-5-10(16(18)19)7-12(11)17(20)21/h1-7H,13H2/b15-14+. The highest BCUT2D eigenvalue weighted by atomic mass is 16.6. The van der Waals surface area contributed by atoms with E-state index in [4.69, 9.17) is 5.73 Å². The van der Waals surface area contributed by atoms with Crippen LogP contribution < -0.4 is 5.73 Å². The molecule has 0 aliphatic carbocycles. The summed E-state index contributed by atoms with van der Waals surface area (Å²) in [5.74, 6) is 0. The topological polar surface area (TPSA) is 137 Å². The number of hydrogen-bond donors (Lipinski definition) is 1. The van der Waals surface area contributed by atoms with Crippen molar-refractivity contribution in [2.24, 2.45) is 10.2 Å². The minimum Gasteiger partial charge on any atom is -0.399 e. The Kier molecular flexibility index (Phi) is 3.84. The Morgan fingerprint density at radius 2 is 1.57 bits per heavy atom. The van der Waals surface area contributed by atoms with E-state index in [2.05, 4.69) is 10.2 Å². The summed E-state index contributed by atoms with van der Waals surface area (Å²) in [7, 11) is 0. The third-order valence-electron chi connectivity index (χ3n) is 2.53. The van der Waals surface area contributed by atoms with Crippen LogP contribution in [0, 0.1) is 20.2 Å². The van der Waals surface area contributed by atoms with Crippen LogP contribution in [0.5, 0.6) is 0 Å². The summed E-state index contributed by atoms with van der Waals surface area (Å²) in [4.78, 5) is 20.1. The van der Waals surface area contributed by atoms with Gasteiger partial charge in [-0.25, -0.2) is 0 Å². The molecule has 0 aromatic heterocycles. The summed E-state index contributed by atoms with van der Waals surface area (Å²) in [6.07, 6.45) is 0. The first-order valence-electron chi connectivity index (χ1n) is 5.67. The highest BCUT2D eigenvalue weighted by molar-refractivity contribution is 5.61. The first-order chi connectivity index (χ1) is 9.97. The summed E-state index contributed by atoms with van der Waals surface area (Å²) in [5.41, 5.74) is 5.59. The van der Waals surface area contributed by atoms with Gasteiger partial charge in [-0.3, -0.25) is 20.2 Å². The van der Waals surface area contributed by atoms with Gasteiger partial charge < -0.3 is 5.73 Å². The van der Waals surface area contributed by atoms with Crippen molar-refractivity contribution < 1.29 is 9.85 Å². The Morgan fingerprint density at radius 3 is 2.14 bits per heavy atom. The summed E-state index contributed by atoms with van der Waals surface area (Å²) in [5, 5.41) is 29.1. The second-order valence-corrected chi connectivity index (χ2v) is 3.98. The van der Waals surface area contributed by atoms with Gasteiger partial charge in [0.2, 0.25) is 0 Å². The van der Waals surface area contributed by atoms with E-state index in [1.165, 1.54) is 6.07 Å². The highest BCUT2D eigenvalue weighted by Gasteiger charge is 2.19. The smallest absolute Gasteiger partial charge is 0.303 e. The molecule has 0 atom stereocenters. The molecule has 0 aliphatic rings. The minimum atomic E-state index is -0.746. The SMILES string of the molecule is Nc1ccc(/N=N/c2ccc([N+](=O)[O-])cc2[N+](=O)[O-])cc1. The number of anilines is 1. The molecule has 0 fully saturated rings. The lowest BCUT2D eigenvalue weighted by atomic mass is 10.2. The van der Waals surface area contributed by atoms with Crippen LogP contribution in [0.3, 0.4) is 0 Å². The van der Waals surface area contributed by atoms with Gasteiger partial charge in [0.05, 0.1) is 21.6 Å². The van der Waals surface area contributed by atoms with Crippen LogP contribution in [0.15, 0.2) is 52.7 Å². The lowest BCUT2D eigenvalue weighted by Gasteiger charge is -1.97. The van der Waals surface area contributed by atoms with E-state index in [-0.39, 0.29) is 11.4 Å². The summed E-state index contributed by atoms with van der Waals surface area (Å²) < 4.78 is 0. The first kappa shape index (κ1) is 14.1. The fraction of sp³-hybridized carbons (Fsp3) is 0. The van der Waals surface area contributed by atoms with E-state index in [0.29, 0.717) is 11.4 Å². The van der Waals surface area contributed by atoms with Gasteiger partial charge in [0.1, 0.15) is 0 Å². The van der Waals surface area contributed by atoms with Gasteiger partial charge in [-0.15, -0.1) is 5.11 Å². The Morgan fingerprint density at radius 1 is 0.905 bits per heavy atom. The average Bonchev–Trinajstić information content (AvgIpc) is 2.46. The first-order valence-corrected chi connectivity index (χ1v) is 5.67. The molecule has 0 aliphatic heterocycles. The molecule has 21 heavy (non-hydrogen) atoms. The van der Waals surface area contributed by atoms with Crippen molar-refractivity contribution in [2.75, 3.05) is 5.73 Å². The van der Waals surface area contributed by atoms with Crippen molar-refractivity contribution in [2.45, 2.75) is 0 Å². The van der Waals surface area contributed by atoms with Gasteiger partial charge in [0.15, 0.2) is 5.69 Å². The number of rotatable bonds is 4.